The first-order valence-electron chi connectivity index (χ1n) is 9.56. The van der Waals surface area contributed by atoms with Crippen LogP contribution >= 0.6 is 0 Å². The molecule has 0 N–H and O–H groups in total. The zero-order chi connectivity index (χ0) is 19.1. The SMILES string of the molecule is Cc1cn2c(=O)n(CCN3CCN(c4noc5ccccc45)CC3)ccc2n1. The number of hydrogen-bond acceptors (Lipinski definition) is 6. The molecular formula is C20H22N6O2. The lowest BCUT2D eigenvalue weighted by molar-refractivity contribution is 0.245. The molecule has 1 fully saturated rings. The van der Waals surface area contributed by atoms with Gasteiger partial charge < -0.3 is 9.42 Å². The van der Waals surface area contributed by atoms with Crippen LogP contribution in [-0.2, 0) is 6.54 Å². The topological polar surface area (TPSA) is 71.8 Å². The van der Waals surface area contributed by atoms with E-state index in [0.717, 1.165) is 55.2 Å². The largest absolute Gasteiger partial charge is 0.354 e. The molecule has 8 nitrogen and oxygen atoms in total. The lowest BCUT2D eigenvalue weighted by atomic mass is 10.2. The molecule has 28 heavy (non-hydrogen) atoms. The summed E-state index contributed by atoms with van der Waals surface area (Å²) in [5.41, 5.74) is 2.34. The van der Waals surface area contributed by atoms with Crippen molar-refractivity contribution in [3.8, 4) is 0 Å². The first-order valence-corrected chi connectivity index (χ1v) is 9.56. The number of anilines is 1. The number of aromatic nitrogens is 4. The van der Waals surface area contributed by atoms with Crippen LogP contribution in [0.1, 0.15) is 5.69 Å². The maximum atomic E-state index is 12.6. The highest BCUT2D eigenvalue weighted by Crippen LogP contribution is 2.26. The fraction of sp³-hybridized carbons (Fsp3) is 0.350. The van der Waals surface area contributed by atoms with Crippen LogP contribution in [0.3, 0.4) is 0 Å². The molecular weight excluding hydrogens is 356 g/mol. The van der Waals surface area contributed by atoms with Crippen molar-refractivity contribution in [2.24, 2.45) is 0 Å². The fourth-order valence-corrected chi connectivity index (χ4v) is 3.85. The highest BCUT2D eigenvalue weighted by atomic mass is 16.5. The van der Waals surface area contributed by atoms with Crippen molar-refractivity contribution in [3.05, 3.63) is 58.9 Å². The molecule has 4 aromatic rings. The van der Waals surface area contributed by atoms with E-state index in [1.165, 1.54) is 0 Å². The van der Waals surface area contributed by atoms with E-state index in [9.17, 15) is 4.79 Å². The quantitative estimate of drug-likeness (QED) is 0.539. The molecule has 0 spiro atoms. The van der Waals surface area contributed by atoms with Crippen molar-refractivity contribution in [3.63, 3.8) is 0 Å². The van der Waals surface area contributed by atoms with E-state index in [2.05, 4.69) is 19.9 Å². The van der Waals surface area contributed by atoms with Gasteiger partial charge in [-0.2, -0.15) is 0 Å². The van der Waals surface area contributed by atoms with Gasteiger partial charge in [-0.15, -0.1) is 0 Å². The van der Waals surface area contributed by atoms with Gasteiger partial charge in [0.05, 0.1) is 11.1 Å². The molecule has 3 aromatic heterocycles. The Kier molecular flexibility index (Phi) is 4.12. The summed E-state index contributed by atoms with van der Waals surface area (Å²) in [4.78, 5) is 21.6. The van der Waals surface area contributed by atoms with Gasteiger partial charge in [-0.05, 0) is 25.1 Å². The number of imidazole rings is 1. The van der Waals surface area contributed by atoms with Gasteiger partial charge in [-0.3, -0.25) is 13.9 Å². The summed E-state index contributed by atoms with van der Waals surface area (Å²) in [5.74, 6) is 0.924. The predicted molar refractivity (Wildman–Crippen MR) is 107 cm³/mol. The molecule has 4 heterocycles. The summed E-state index contributed by atoms with van der Waals surface area (Å²) in [7, 11) is 0. The first-order chi connectivity index (χ1) is 13.7. The van der Waals surface area contributed by atoms with Crippen LogP contribution in [0.15, 0.2) is 52.0 Å². The van der Waals surface area contributed by atoms with Crippen LogP contribution in [0.5, 0.6) is 0 Å². The first kappa shape index (κ1) is 17.0. The second-order valence-corrected chi connectivity index (χ2v) is 7.23. The number of para-hydroxylation sites is 1. The number of benzene rings is 1. The Hall–Kier alpha value is -3.13. The van der Waals surface area contributed by atoms with Gasteiger partial charge in [0.15, 0.2) is 11.4 Å². The van der Waals surface area contributed by atoms with Crippen LogP contribution in [0.2, 0.25) is 0 Å². The van der Waals surface area contributed by atoms with Gasteiger partial charge in [0.2, 0.25) is 0 Å². The maximum Gasteiger partial charge on any atom is 0.333 e. The smallest absolute Gasteiger partial charge is 0.333 e. The standard InChI is InChI=1S/C20H22N6O2/c1-15-14-26-18(21-15)6-7-25(20(26)27)13-10-23-8-11-24(12-9-23)19-16-4-2-3-5-17(16)28-22-19/h2-7,14H,8-13H2,1H3. The van der Waals surface area contributed by atoms with Gasteiger partial charge in [0, 0.05) is 51.7 Å². The van der Waals surface area contributed by atoms with Crippen molar-refractivity contribution < 1.29 is 4.52 Å². The monoisotopic (exact) mass is 378 g/mol. The molecule has 1 aromatic carbocycles. The van der Waals surface area contributed by atoms with Crippen molar-refractivity contribution in [1.29, 1.82) is 0 Å². The van der Waals surface area contributed by atoms with Gasteiger partial charge in [0.1, 0.15) is 5.65 Å². The van der Waals surface area contributed by atoms with Gasteiger partial charge in [0.25, 0.3) is 0 Å². The number of hydrogen-bond donors (Lipinski definition) is 0. The Morgan fingerprint density at radius 2 is 1.89 bits per heavy atom. The summed E-state index contributed by atoms with van der Waals surface area (Å²) < 4.78 is 8.80. The number of rotatable bonds is 4. The molecule has 1 aliphatic rings. The van der Waals surface area contributed by atoms with Crippen LogP contribution in [-0.4, -0.2) is 56.7 Å². The van der Waals surface area contributed by atoms with Gasteiger partial charge in [-0.25, -0.2) is 9.78 Å². The highest BCUT2D eigenvalue weighted by Gasteiger charge is 2.21. The Morgan fingerprint density at radius 1 is 1.07 bits per heavy atom. The zero-order valence-electron chi connectivity index (χ0n) is 15.8. The van der Waals surface area contributed by atoms with Crippen molar-refractivity contribution in [1.82, 2.24) is 24.0 Å². The Morgan fingerprint density at radius 3 is 2.75 bits per heavy atom. The van der Waals surface area contributed by atoms with E-state index in [-0.39, 0.29) is 5.69 Å². The molecule has 0 amide bonds. The Labute approximate surface area is 161 Å². The zero-order valence-corrected chi connectivity index (χ0v) is 15.8. The molecule has 8 heteroatoms. The molecule has 144 valence electrons. The van der Waals surface area contributed by atoms with Crippen molar-refractivity contribution in [2.75, 3.05) is 37.6 Å². The maximum absolute atomic E-state index is 12.6. The molecule has 0 aliphatic carbocycles. The molecule has 1 saturated heterocycles. The minimum absolute atomic E-state index is 0.0363. The van der Waals surface area contributed by atoms with E-state index in [1.807, 2.05) is 43.5 Å². The van der Waals surface area contributed by atoms with Crippen LogP contribution in [0.4, 0.5) is 5.82 Å². The number of fused-ring (bicyclic) bond motifs is 2. The van der Waals surface area contributed by atoms with Crippen LogP contribution < -0.4 is 10.6 Å². The molecule has 0 radical (unpaired) electrons. The average molecular weight is 378 g/mol. The molecule has 0 atom stereocenters. The molecule has 0 saturated carbocycles. The van der Waals surface area contributed by atoms with Crippen LogP contribution in [0, 0.1) is 6.92 Å². The van der Waals surface area contributed by atoms with E-state index >= 15 is 0 Å². The second-order valence-electron chi connectivity index (χ2n) is 7.23. The average Bonchev–Trinajstić information content (AvgIpc) is 3.31. The third kappa shape index (κ3) is 2.95. The van der Waals surface area contributed by atoms with E-state index < -0.39 is 0 Å². The molecule has 0 bridgehead atoms. The lowest BCUT2D eigenvalue weighted by Crippen LogP contribution is -2.47. The summed E-state index contributed by atoms with van der Waals surface area (Å²) in [6.45, 7) is 7.06. The normalized spacial score (nSPS) is 15.7. The van der Waals surface area contributed by atoms with Crippen molar-refractivity contribution >= 4 is 22.4 Å². The molecule has 0 unspecified atom stereocenters. The second kappa shape index (κ2) is 6.79. The third-order valence-electron chi connectivity index (χ3n) is 5.40. The Balaban J connectivity index is 1.23. The number of nitrogens with zero attached hydrogens (tertiary/aromatic N) is 6. The highest BCUT2D eigenvalue weighted by molar-refractivity contribution is 5.88. The van der Waals surface area contributed by atoms with Crippen LogP contribution in [0.25, 0.3) is 16.6 Å². The third-order valence-corrected chi connectivity index (χ3v) is 5.40. The molecule has 1 aliphatic heterocycles. The van der Waals surface area contributed by atoms with Gasteiger partial charge >= 0.3 is 5.69 Å². The van der Waals surface area contributed by atoms with E-state index in [4.69, 9.17) is 4.52 Å². The van der Waals surface area contributed by atoms with Crippen molar-refractivity contribution in [2.45, 2.75) is 13.5 Å². The molecule has 5 rings (SSSR count). The summed E-state index contributed by atoms with van der Waals surface area (Å²) in [5, 5.41) is 5.32. The van der Waals surface area contributed by atoms with E-state index in [1.54, 1.807) is 15.2 Å². The summed E-state index contributed by atoms with van der Waals surface area (Å²) >= 11 is 0. The minimum Gasteiger partial charge on any atom is -0.354 e. The lowest BCUT2D eigenvalue weighted by Gasteiger charge is -2.34. The summed E-state index contributed by atoms with van der Waals surface area (Å²) in [6.07, 6.45) is 3.62. The predicted octanol–water partition coefficient (Wildman–Crippen LogP) is 1.77. The summed E-state index contributed by atoms with van der Waals surface area (Å²) in [6, 6.07) is 9.85. The van der Waals surface area contributed by atoms with E-state index in [0.29, 0.717) is 12.2 Å². The fourth-order valence-electron chi connectivity index (χ4n) is 3.85. The number of piperazine rings is 1. The Bertz CT molecular complexity index is 1180. The van der Waals surface area contributed by atoms with Gasteiger partial charge in [-0.1, -0.05) is 17.3 Å². The number of aryl methyl sites for hydroxylation is 1. The minimum atomic E-state index is -0.0363.